The highest BCUT2D eigenvalue weighted by Gasteiger charge is 2.14. The molecule has 0 radical (unpaired) electrons. The van der Waals surface area contributed by atoms with Crippen LogP contribution < -0.4 is 10.6 Å². The maximum absolute atomic E-state index is 13.7. The number of nitrogens with two attached hydrogens (primary N) is 1. The van der Waals surface area contributed by atoms with E-state index in [9.17, 15) is 4.39 Å². The zero-order valence-corrected chi connectivity index (χ0v) is 12.1. The summed E-state index contributed by atoms with van der Waals surface area (Å²) in [5.41, 5.74) is 9.47. The van der Waals surface area contributed by atoms with Crippen LogP contribution in [0.2, 0.25) is 0 Å². The molecule has 20 heavy (non-hydrogen) atoms. The van der Waals surface area contributed by atoms with Gasteiger partial charge in [0.05, 0.1) is 0 Å². The van der Waals surface area contributed by atoms with E-state index in [1.807, 2.05) is 38.4 Å². The first-order chi connectivity index (χ1) is 9.49. The Morgan fingerprint density at radius 3 is 2.75 bits per heavy atom. The van der Waals surface area contributed by atoms with Crippen molar-refractivity contribution in [1.29, 1.82) is 0 Å². The maximum Gasteiger partial charge on any atom is 0.126 e. The molecule has 0 aliphatic heterocycles. The smallest absolute Gasteiger partial charge is 0.126 e. The number of nitrogens with zero attached hydrogens (tertiary/aromatic N) is 2. The lowest BCUT2D eigenvalue weighted by Crippen LogP contribution is -2.21. The van der Waals surface area contributed by atoms with E-state index in [0.717, 1.165) is 16.8 Å². The lowest BCUT2D eigenvalue weighted by molar-refractivity contribution is 0.612. The second-order valence-corrected chi connectivity index (χ2v) is 5.17. The zero-order valence-electron chi connectivity index (χ0n) is 12.1. The van der Waals surface area contributed by atoms with E-state index in [1.165, 1.54) is 6.07 Å². The predicted octanol–water partition coefficient (Wildman–Crippen LogP) is 3.19. The van der Waals surface area contributed by atoms with Crippen LogP contribution in [0.15, 0.2) is 36.7 Å². The van der Waals surface area contributed by atoms with Crippen molar-refractivity contribution in [3.8, 4) is 0 Å². The molecule has 0 fully saturated rings. The van der Waals surface area contributed by atoms with E-state index in [4.69, 9.17) is 5.73 Å². The van der Waals surface area contributed by atoms with Gasteiger partial charge in [-0.2, -0.15) is 0 Å². The van der Waals surface area contributed by atoms with E-state index in [2.05, 4.69) is 9.88 Å². The molecule has 1 heterocycles. The number of hydrogen-bond donors (Lipinski definition) is 1. The molecule has 2 rings (SSSR count). The number of aryl methyl sites for hydroxylation is 1. The van der Waals surface area contributed by atoms with Crippen LogP contribution in [0.5, 0.6) is 0 Å². The second kappa shape index (κ2) is 6.01. The number of anilines is 1. The molecule has 0 amide bonds. The minimum atomic E-state index is -0.212. The molecule has 0 bridgehead atoms. The Morgan fingerprint density at radius 1 is 1.40 bits per heavy atom. The highest BCUT2D eigenvalue weighted by molar-refractivity contribution is 5.56. The number of aromatic nitrogens is 1. The van der Waals surface area contributed by atoms with Crippen LogP contribution in [0.1, 0.15) is 29.7 Å². The number of halogens is 1. The van der Waals surface area contributed by atoms with E-state index in [-0.39, 0.29) is 11.9 Å². The fourth-order valence-corrected chi connectivity index (χ4v) is 2.23. The molecule has 2 aromatic rings. The van der Waals surface area contributed by atoms with Gasteiger partial charge in [0.1, 0.15) is 5.82 Å². The van der Waals surface area contributed by atoms with Gasteiger partial charge in [0, 0.05) is 37.7 Å². The standard InChI is InChI=1S/C16H20FN3/c1-11-7-16(14(12(2)18)8-15(11)17)20(3)10-13-5-4-6-19-9-13/h4-9,12H,10,18H2,1-3H3/t12-/m1/s1. The van der Waals surface area contributed by atoms with Crippen molar-refractivity contribution in [2.24, 2.45) is 5.73 Å². The summed E-state index contributed by atoms with van der Waals surface area (Å²) in [4.78, 5) is 6.18. The Balaban J connectivity index is 2.33. The summed E-state index contributed by atoms with van der Waals surface area (Å²) in [6, 6.07) is 7.10. The normalized spacial score (nSPS) is 12.2. The predicted molar refractivity (Wildman–Crippen MR) is 80.1 cm³/mol. The molecule has 0 saturated heterocycles. The monoisotopic (exact) mass is 273 g/mol. The van der Waals surface area contributed by atoms with Gasteiger partial charge in [0.25, 0.3) is 0 Å². The van der Waals surface area contributed by atoms with Crippen molar-refractivity contribution in [3.63, 3.8) is 0 Å². The molecular formula is C16H20FN3. The first-order valence-corrected chi connectivity index (χ1v) is 6.64. The molecular weight excluding hydrogens is 253 g/mol. The van der Waals surface area contributed by atoms with Gasteiger partial charge in [0.15, 0.2) is 0 Å². The van der Waals surface area contributed by atoms with E-state index >= 15 is 0 Å². The third-order valence-electron chi connectivity index (χ3n) is 3.35. The van der Waals surface area contributed by atoms with Gasteiger partial charge in [0.2, 0.25) is 0 Å². The van der Waals surface area contributed by atoms with Crippen molar-refractivity contribution in [2.45, 2.75) is 26.4 Å². The molecule has 4 heteroatoms. The highest BCUT2D eigenvalue weighted by Crippen LogP contribution is 2.28. The van der Waals surface area contributed by atoms with Crippen LogP contribution in [0.4, 0.5) is 10.1 Å². The molecule has 0 aliphatic carbocycles. The summed E-state index contributed by atoms with van der Waals surface area (Å²) >= 11 is 0. The summed E-state index contributed by atoms with van der Waals surface area (Å²) in [6.07, 6.45) is 3.58. The topological polar surface area (TPSA) is 42.2 Å². The van der Waals surface area contributed by atoms with Gasteiger partial charge >= 0.3 is 0 Å². The summed E-state index contributed by atoms with van der Waals surface area (Å²) in [6.45, 7) is 4.34. The Morgan fingerprint density at radius 2 is 2.15 bits per heavy atom. The van der Waals surface area contributed by atoms with Crippen molar-refractivity contribution in [2.75, 3.05) is 11.9 Å². The van der Waals surface area contributed by atoms with Crippen LogP contribution >= 0.6 is 0 Å². The minimum absolute atomic E-state index is 0.212. The van der Waals surface area contributed by atoms with Crippen LogP contribution in [0.3, 0.4) is 0 Å². The van der Waals surface area contributed by atoms with Gasteiger partial charge < -0.3 is 10.6 Å². The average Bonchev–Trinajstić information content (AvgIpc) is 2.42. The third-order valence-corrected chi connectivity index (χ3v) is 3.35. The molecule has 106 valence electrons. The average molecular weight is 273 g/mol. The number of benzene rings is 1. The lowest BCUT2D eigenvalue weighted by Gasteiger charge is -2.25. The fraction of sp³-hybridized carbons (Fsp3) is 0.312. The number of hydrogen-bond acceptors (Lipinski definition) is 3. The molecule has 2 N–H and O–H groups in total. The van der Waals surface area contributed by atoms with Gasteiger partial charge in [-0.1, -0.05) is 6.07 Å². The summed E-state index contributed by atoms with van der Waals surface area (Å²) < 4.78 is 13.7. The van der Waals surface area contributed by atoms with E-state index < -0.39 is 0 Å². The molecule has 1 aromatic heterocycles. The number of pyridine rings is 1. The molecule has 0 saturated carbocycles. The summed E-state index contributed by atoms with van der Waals surface area (Å²) in [7, 11) is 1.98. The quantitative estimate of drug-likeness (QED) is 0.930. The third kappa shape index (κ3) is 3.14. The zero-order chi connectivity index (χ0) is 14.7. The van der Waals surface area contributed by atoms with Crippen molar-refractivity contribution in [1.82, 2.24) is 4.98 Å². The lowest BCUT2D eigenvalue weighted by atomic mass is 10.0. The second-order valence-electron chi connectivity index (χ2n) is 5.17. The Hall–Kier alpha value is -1.94. The maximum atomic E-state index is 13.7. The minimum Gasteiger partial charge on any atom is -0.370 e. The van der Waals surface area contributed by atoms with Crippen LogP contribution in [-0.2, 0) is 6.54 Å². The van der Waals surface area contributed by atoms with Crippen molar-refractivity contribution in [3.05, 3.63) is 59.2 Å². The highest BCUT2D eigenvalue weighted by atomic mass is 19.1. The van der Waals surface area contributed by atoms with Gasteiger partial charge in [-0.05, 0) is 48.7 Å². The summed E-state index contributed by atoms with van der Waals surface area (Å²) in [5.74, 6) is -0.212. The Labute approximate surface area is 119 Å². The molecule has 0 aliphatic rings. The number of rotatable bonds is 4. The first kappa shape index (κ1) is 14.5. The van der Waals surface area contributed by atoms with Crippen LogP contribution in [0, 0.1) is 12.7 Å². The molecule has 0 unspecified atom stereocenters. The Bertz CT molecular complexity index is 582. The molecule has 1 aromatic carbocycles. The fourth-order valence-electron chi connectivity index (χ4n) is 2.23. The van der Waals surface area contributed by atoms with Crippen molar-refractivity contribution >= 4 is 5.69 Å². The van der Waals surface area contributed by atoms with Gasteiger partial charge in [-0.25, -0.2) is 4.39 Å². The van der Waals surface area contributed by atoms with Crippen LogP contribution in [0.25, 0.3) is 0 Å². The van der Waals surface area contributed by atoms with Crippen LogP contribution in [-0.4, -0.2) is 12.0 Å². The molecule has 0 spiro atoms. The van der Waals surface area contributed by atoms with E-state index in [0.29, 0.717) is 12.1 Å². The molecule has 3 nitrogen and oxygen atoms in total. The van der Waals surface area contributed by atoms with Gasteiger partial charge in [-0.15, -0.1) is 0 Å². The van der Waals surface area contributed by atoms with Gasteiger partial charge in [-0.3, -0.25) is 4.98 Å². The van der Waals surface area contributed by atoms with E-state index in [1.54, 1.807) is 13.1 Å². The SMILES string of the molecule is Cc1cc(N(C)Cc2cccnc2)c([C@@H](C)N)cc1F. The summed E-state index contributed by atoms with van der Waals surface area (Å²) in [5, 5.41) is 0. The largest absolute Gasteiger partial charge is 0.370 e. The first-order valence-electron chi connectivity index (χ1n) is 6.64. The Kier molecular flexibility index (Phi) is 4.35. The van der Waals surface area contributed by atoms with Crippen molar-refractivity contribution < 1.29 is 4.39 Å². The molecule has 1 atom stereocenters.